The van der Waals surface area contributed by atoms with E-state index in [0.717, 1.165) is 5.69 Å². The van der Waals surface area contributed by atoms with E-state index < -0.39 is 0 Å². The highest BCUT2D eigenvalue weighted by Crippen LogP contribution is 2.21. The number of thiophene rings is 1. The van der Waals surface area contributed by atoms with Crippen molar-refractivity contribution in [3.05, 3.63) is 92.5 Å². The molecule has 1 aromatic carbocycles. The van der Waals surface area contributed by atoms with Crippen LogP contribution in [-0.2, 0) is 6.54 Å². The third-order valence-corrected chi connectivity index (χ3v) is 5.41. The molecule has 0 radical (unpaired) electrons. The summed E-state index contributed by atoms with van der Waals surface area (Å²) >= 11 is 7.07. The standard InChI is InChI=1S/C20H15ClN4O3S/c21-18-7-6-17(29-18)20(28)22-9-13-10-24(12-23-13)14-1-3-15(4-2-14)25-11-16(26)5-8-19(25)27/h1-8,10-12,26H,9H2,(H,22,28). The van der Waals surface area contributed by atoms with Crippen LogP contribution < -0.4 is 10.9 Å². The van der Waals surface area contributed by atoms with Gasteiger partial charge in [-0.25, -0.2) is 4.98 Å². The third-order valence-electron chi connectivity index (χ3n) is 4.18. The van der Waals surface area contributed by atoms with E-state index in [4.69, 9.17) is 11.6 Å². The lowest BCUT2D eigenvalue weighted by atomic mass is 10.2. The molecular formula is C20H15ClN4O3S. The van der Waals surface area contributed by atoms with Crippen LogP contribution in [0.1, 0.15) is 15.4 Å². The number of amides is 1. The van der Waals surface area contributed by atoms with Crippen LogP contribution in [0.5, 0.6) is 5.75 Å². The minimum absolute atomic E-state index is 0.0137. The van der Waals surface area contributed by atoms with Crippen LogP contribution in [0, 0.1) is 0 Å². The number of carbonyl (C=O) groups is 1. The first-order valence-corrected chi connectivity index (χ1v) is 9.78. The van der Waals surface area contributed by atoms with Gasteiger partial charge in [0.2, 0.25) is 0 Å². The molecule has 9 heteroatoms. The predicted molar refractivity (Wildman–Crippen MR) is 111 cm³/mol. The highest BCUT2D eigenvalue weighted by atomic mass is 35.5. The zero-order valence-electron chi connectivity index (χ0n) is 14.9. The molecule has 0 saturated heterocycles. The van der Waals surface area contributed by atoms with Gasteiger partial charge >= 0.3 is 0 Å². The molecule has 3 aromatic heterocycles. The SMILES string of the molecule is O=C(NCc1cn(-c2ccc(-n3cc(O)ccc3=O)cc2)cn1)c1ccc(Cl)s1. The van der Waals surface area contributed by atoms with Gasteiger partial charge in [0.05, 0.1) is 34.0 Å². The molecule has 0 saturated carbocycles. The number of nitrogens with one attached hydrogen (secondary N) is 1. The molecule has 29 heavy (non-hydrogen) atoms. The Kier molecular flexibility index (Phi) is 5.20. The Morgan fingerprint density at radius 3 is 2.55 bits per heavy atom. The molecule has 4 rings (SSSR count). The van der Waals surface area contributed by atoms with E-state index in [1.807, 2.05) is 22.9 Å². The molecule has 0 spiro atoms. The number of aromatic nitrogens is 3. The van der Waals surface area contributed by atoms with Crippen molar-refractivity contribution in [1.82, 2.24) is 19.4 Å². The maximum Gasteiger partial charge on any atom is 0.261 e. The first-order valence-electron chi connectivity index (χ1n) is 8.58. The van der Waals surface area contributed by atoms with Gasteiger partial charge in [-0.2, -0.15) is 0 Å². The van der Waals surface area contributed by atoms with Gasteiger partial charge in [-0.3, -0.25) is 14.2 Å². The number of pyridine rings is 1. The number of carbonyl (C=O) groups excluding carboxylic acids is 1. The normalized spacial score (nSPS) is 10.8. The Bertz CT molecular complexity index is 1230. The topological polar surface area (TPSA) is 89.1 Å². The monoisotopic (exact) mass is 426 g/mol. The molecule has 3 heterocycles. The van der Waals surface area contributed by atoms with Gasteiger partial charge in [-0.1, -0.05) is 11.6 Å². The summed E-state index contributed by atoms with van der Waals surface area (Å²) in [4.78, 5) is 28.9. The Hall–Kier alpha value is -3.36. The lowest BCUT2D eigenvalue weighted by molar-refractivity contribution is 0.0954. The summed E-state index contributed by atoms with van der Waals surface area (Å²) in [6, 6.07) is 13.3. The van der Waals surface area contributed by atoms with Gasteiger partial charge in [0.1, 0.15) is 5.75 Å². The Morgan fingerprint density at radius 2 is 1.83 bits per heavy atom. The van der Waals surface area contributed by atoms with E-state index in [0.29, 0.717) is 20.6 Å². The fraction of sp³-hybridized carbons (Fsp3) is 0.0500. The summed E-state index contributed by atoms with van der Waals surface area (Å²) in [7, 11) is 0. The molecule has 146 valence electrons. The zero-order valence-corrected chi connectivity index (χ0v) is 16.5. The van der Waals surface area contributed by atoms with Gasteiger partial charge < -0.3 is 15.0 Å². The van der Waals surface area contributed by atoms with Crippen LogP contribution in [0.15, 0.2) is 72.0 Å². The van der Waals surface area contributed by atoms with Crippen molar-refractivity contribution in [2.24, 2.45) is 0 Å². The number of nitrogens with zero attached hydrogens (tertiary/aromatic N) is 3. The van der Waals surface area contributed by atoms with Crippen LogP contribution in [-0.4, -0.2) is 25.1 Å². The molecule has 0 bridgehead atoms. The van der Waals surface area contributed by atoms with Gasteiger partial charge in [0.25, 0.3) is 11.5 Å². The Balaban J connectivity index is 1.46. The van der Waals surface area contributed by atoms with Crippen LogP contribution in [0.2, 0.25) is 4.34 Å². The van der Waals surface area contributed by atoms with E-state index in [-0.39, 0.29) is 23.8 Å². The fourth-order valence-electron chi connectivity index (χ4n) is 2.75. The number of benzene rings is 1. The largest absolute Gasteiger partial charge is 0.506 e. The van der Waals surface area contributed by atoms with Gasteiger partial charge in [-0.05, 0) is 42.5 Å². The number of hydrogen-bond donors (Lipinski definition) is 2. The Morgan fingerprint density at radius 1 is 1.07 bits per heavy atom. The van der Waals surface area contributed by atoms with E-state index in [2.05, 4.69) is 10.3 Å². The maximum absolute atomic E-state index is 12.1. The number of aromatic hydroxyl groups is 1. The summed E-state index contributed by atoms with van der Waals surface area (Å²) in [5, 5.41) is 12.4. The van der Waals surface area contributed by atoms with Gasteiger partial charge in [-0.15, -0.1) is 11.3 Å². The highest BCUT2D eigenvalue weighted by Gasteiger charge is 2.09. The van der Waals surface area contributed by atoms with E-state index in [1.54, 1.807) is 30.6 Å². The van der Waals surface area contributed by atoms with Gasteiger partial charge in [0.15, 0.2) is 0 Å². The minimum Gasteiger partial charge on any atom is -0.506 e. The van der Waals surface area contributed by atoms with Crippen LogP contribution in [0.25, 0.3) is 11.4 Å². The van der Waals surface area contributed by atoms with Gasteiger partial charge in [0, 0.05) is 23.6 Å². The van der Waals surface area contributed by atoms with Crippen molar-refractivity contribution in [3.8, 4) is 17.1 Å². The summed E-state index contributed by atoms with van der Waals surface area (Å²) in [5.74, 6) is -0.183. The van der Waals surface area contributed by atoms with Crippen molar-refractivity contribution in [2.45, 2.75) is 6.54 Å². The zero-order chi connectivity index (χ0) is 20.4. The van der Waals surface area contributed by atoms with E-state index in [9.17, 15) is 14.7 Å². The van der Waals surface area contributed by atoms with Crippen molar-refractivity contribution in [1.29, 1.82) is 0 Å². The lowest BCUT2D eigenvalue weighted by Gasteiger charge is -2.08. The van der Waals surface area contributed by atoms with Crippen LogP contribution in [0.3, 0.4) is 0 Å². The maximum atomic E-state index is 12.1. The highest BCUT2D eigenvalue weighted by molar-refractivity contribution is 7.17. The molecule has 7 nitrogen and oxygen atoms in total. The molecule has 2 N–H and O–H groups in total. The lowest BCUT2D eigenvalue weighted by Crippen LogP contribution is -2.21. The first-order chi connectivity index (χ1) is 14.0. The smallest absolute Gasteiger partial charge is 0.261 e. The quantitative estimate of drug-likeness (QED) is 0.512. The van der Waals surface area contributed by atoms with Crippen molar-refractivity contribution < 1.29 is 9.90 Å². The molecule has 0 aliphatic carbocycles. The summed E-state index contributed by atoms with van der Waals surface area (Å²) in [6.07, 6.45) is 4.84. The molecule has 0 fully saturated rings. The number of hydrogen-bond acceptors (Lipinski definition) is 5. The minimum atomic E-state index is -0.233. The number of rotatable bonds is 5. The Labute approximate surface area is 174 Å². The molecule has 1 amide bonds. The summed E-state index contributed by atoms with van der Waals surface area (Å²) in [5.41, 5.74) is 1.95. The summed E-state index contributed by atoms with van der Waals surface area (Å²) in [6.45, 7) is 0.290. The predicted octanol–water partition coefficient (Wildman–Crippen LogP) is 3.37. The van der Waals surface area contributed by atoms with Crippen LogP contribution in [0.4, 0.5) is 0 Å². The van der Waals surface area contributed by atoms with Crippen molar-refractivity contribution in [2.75, 3.05) is 0 Å². The van der Waals surface area contributed by atoms with E-state index >= 15 is 0 Å². The second-order valence-corrected chi connectivity index (χ2v) is 7.89. The average Bonchev–Trinajstić information content (AvgIpc) is 3.37. The van der Waals surface area contributed by atoms with Crippen molar-refractivity contribution >= 4 is 28.8 Å². The van der Waals surface area contributed by atoms with Crippen molar-refractivity contribution in [3.63, 3.8) is 0 Å². The molecule has 0 atom stereocenters. The number of imidazole rings is 1. The second-order valence-electron chi connectivity index (χ2n) is 6.17. The first kappa shape index (κ1) is 19.0. The molecule has 0 aliphatic rings. The molecule has 4 aromatic rings. The molecule has 0 unspecified atom stereocenters. The van der Waals surface area contributed by atoms with E-state index in [1.165, 1.54) is 34.2 Å². The second kappa shape index (κ2) is 7.94. The molecular weight excluding hydrogens is 412 g/mol. The fourth-order valence-corrected chi connectivity index (χ4v) is 3.71. The number of halogens is 1. The third kappa shape index (κ3) is 4.23. The molecule has 0 aliphatic heterocycles. The summed E-state index contributed by atoms with van der Waals surface area (Å²) < 4.78 is 3.75. The average molecular weight is 427 g/mol. The van der Waals surface area contributed by atoms with Crippen LogP contribution >= 0.6 is 22.9 Å².